The molecular formula is C15H31N3. The SMILES string of the molecule is CCCN(CCC)CCCCC(C)(C#N)NCC. The van der Waals surface area contributed by atoms with Crippen molar-refractivity contribution in [1.82, 2.24) is 10.2 Å². The van der Waals surface area contributed by atoms with E-state index in [2.05, 4.69) is 37.1 Å². The molecule has 1 unspecified atom stereocenters. The predicted molar refractivity (Wildman–Crippen MR) is 78.6 cm³/mol. The first-order valence-corrected chi connectivity index (χ1v) is 7.50. The molecule has 0 aliphatic rings. The largest absolute Gasteiger partial charge is 0.303 e. The maximum Gasteiger partial charge on any atom is 0.103 e. The van der Waals surface area contributed by atoms with Gasteiger partial charge < -0.3 is 4.90 Å². The zero-order chi connectivity index (χ0) is 13.9. The molecule has 0 radical (unpaired) electrons. The number of unbranched alkanes of at least 4 members (excludes halogenated alkanes) is 1. The van der Waals surface area contributed by atoms with Crippen LogP contribution in [0, 0.1) is 11.3 Å². The van der Waals surface area contributed by atoms with E-state index < -0.39 is 0 Å². The quantitative estimate of drug-likeness (QED) is 0.575. The molecule has 3 heteroatoms. The summed E-state index contributed by atoms with van der Waals surface area (Å²) < 4.78 is 0. The Bertz CT molecular complexity index is 228. The Balaban J connectivity index is 3.85. The Hall–Kier alpha value is -0.590. The summed E-state index contributed by atoms with van der Waals surface area (Å²) in [6.07, 6.45) is 5.73. The van der Waals surface area contributed by atoms with Gasteiger partial charge in [-0.05, 0) is 65.2 Å². The topological polar surface area (TPSA) is 39.1 Å². The van der Waals surface area contributed by atoms with E-state index in [4.69, 9.17) is 0 Å². The lowest BCUT2D eigenvalue weighted by atomic mass is 9.96. The number of nitrogens with one attached hydrogen (secondary N) is 1. The summed E-state index contributed by atoms with van der Waals surface area (Å²) in [5, 5.41) is 12.4. The first-order valence-electron chi connectivity index (χ1n) is 7.50. The van der Waals surface area contributed by atoms with Crippen LogP contribution >= 0.6 is 0 Å². The summed E-state index contributed by atoms with van der Waals surface area (Å²) in [4.78, 5) is 2.54. The van der Waals surface area contributed by atoms with Crippen molar-refractivity contribution in [2.75, 3.05) is 26.2 Å². The van der Waals surface area contributed by atoms with Gasteiger partial charge in [-0.15, -0.1) is 0 Å². The Morgan fingerprint density at radius 3 is 2.11 bits per heavy atom. The molecule has 1 atom stereocenters. The second-order valence-electron chi connectivity index (χ2n) is 5.27. The van der Waals surface area contributed by atoms with Crippen molar-refractivity contribution in [2.24, 2.45) is 0 Å². The predicted octanol–water partition coefficient (Wildman–Crippen LogP) is 3.17. The number of nitriles is 1. The summed E-state index contributed by atoms with van der Waals surface area (Å²) >= 11 is 0. The molecule has 0 aliphatic heterocycles. The van der Waals surface area contributed by atoms with E-state index >= 15 is 0 Å². The molecule has 18 heavy (non-hydrogen) atoms. The van der Waals surface area contributed by atoms with Crippen molar-refractivity contribution < 1.29 is 0 Å². The molecule has 0 aromatic carbocycles. The van der Waals surface area contributed by atoms with Gasteiger partial charge in [0.15, 0.2) is 0 Å². The Labute approximate surface area is 114 Å². The smallest absolute Gasteiger partial charge is 0.103 e. The fourth-order valence-electron chi connectivity index (χ4n) is 2.36. The highest BCUT2D eigenvalue weighted by Crippen LogP contribution is 2.13. The molecule has 1 N–H and O–H groups in total. The van der Waals surface area contributed by atoms with Crippen LogP contribution in [0.15, 0.2) is 0 Å². The highest BCUT2D eigenvalue weighted by atomic mass is 15.1. The van der Waals surface area contributed by atoms with Crippen molar-refractivity contribution in [3.63, 3.8) is 0 Å². The summed E-state index contributed by atoms with van der Waals surface area (Å²) in [5.41, 5.74) is -0.338. The fourth-order valence-corrected chi connectivity index (χ4v) is 2.36. The van der Waals surface area contributed by atoms with Crippen molar-refractivity contribution in [3.05, 3.63) is 0 Å². The number of nitrogens with zero attached hydrogens (tertiary/aromatic N) is 2. The minimum absolute atomic E-state index is 0.338. The van der Waals surface area contributed by atoms with Crippen molar-refractivity contribution in [2.45, 2.75) is 65.3 Å². The summed E-state index contributed by atoms with van der Waals surface area (Å²) in [7, 11) is 0. The van der Waals surface area contributed by atoms with Gasteiger partial charge in [-0.1, -0.05) is 20.8 Å². The van der Waals surface area contributed by atoms with Crippen LogP contribution in [0.25, 0.3) is 0 Å². The van der Waals surface area contributed by atoms with Crippen LogP contribution in [-0.2, 0) is 0 Å². The average Bonchev–Trinajstić information content (AvgIpc) is 2.35. The number of hydrogen-bond donors (Lipinski definition) is 1. The van der Waals surface area contributed by atoms with Crippen molar-refractivity contribution in [3.8, 4) is 6.07 Å². The minimum atomic E-state index is -0.338. The highest BCUT2D eigenvalue weighted by Gasteiger charge is 2.21. The average molecular weight is 253 g/mol. The van der Waals surface area contributed by atoms with Gasteiger partial charge in [0.25, 0.3) is 0 Å². The third-order valence-electron chi connectivity index (χ3n) is 3.29. The lowest BCUT2D eigenvalue weighted by Gasteiger charge is -2.24. The molecule has 0 spiro atoms. The third-order valence-corrected chi connectivity index (χ3v) is 3.29. The van der Waals surface area contributed by atoms with Gasteiger partial charge in [0, 0.05) is 0 Å². The Morgan fingerprint density at radius 2 is 1.67 bits per heavy atom. The fraction of sp³-hybridized carbons (Fsp3) is 0.933. The van der Waals surface area contributed by atoms with Crippen LogP contribution in [-0.4, -0.2) is 36.6 Å². The van der Waals surface area contributed by atoms with E-state index in [1.807, 2.05) is 6.92 Å². The van der Waals surface area contributed by atoms with E-state index in [1.165, 1.54) is 38.9 Å². The number of rotatable bonds is 11. The van der Waals surface area contributed by atoms with E-state index in [1.54, 1.807) is 0 Å². The van der Waals surface area contributed by atoms with E-state index in [0.29, 0.717) is 0 Å². The van der Waals surface area contributed by atoms with Crippen LogP contribution in [0.5, 0.6) is 0 Å². The molecule has 0 heterocycles. The molecule has 0 aromatic rings. The van der Waals surface area contributed by atoms with Crippen LogP contribution < -0.4 is 5.32 Å². The summed E-state index contributed by atoms with van der Waals surface area (Å²) in [5.74, 6) is 0. The molecule has 0 aliphatic carbocycles. The molecule has 0 saturated heterocycles. The van der Waals surface area contributed by atoms with Gasteiger partial charge in [0.1, 0.15) is 5.54 Å². The molecule has 0 aromatic heterocycles. The first kappa shape index (κ1) is 17.4. The molecule has 0 amide bonds. The van der Waals surface area contributed by atoms with Crippen LogP contribution in [0.3, 0.4) is 0 Å². The normalized spacial score (nSPS) is 14.4. The Morgan fingerprint density at radius 1 is 1.06 bits per heavy atom. The Kier molecular flexibility index (Phi) is 10.0. The van der Waals surface area contributed by atoms with Gasteiger partial charge in [0.05, 0.1) is 6.07 Å². The lowest BCUT2D eigenvalue weighted by Crippen LogP contribution is -2.40. The van der Waals surface area contributed by atoms with E-state index in [0.717, 1.165) is 19.4 Å². The second-order valence-corrected chi connectivity index (χ2v) is 5.27. The zero-order valence-corrected chi connectivity index (χ0v) is 12.8. The lowest BCUT2D eigenvalue weighted by molar-refractivity contribution is 0.264. The van der Waals surface area contributed by atoms with Gasteiger partial charge in [-0.3, -0.25) is 5.32 Å². The second kappa shape index (κ2) is 10.3. The minimum Gasteiger partial charge on any atom is -0.303 e. The van der Waals surface area contributed by atoms with Gasteiger partial charge in [-0.2, -0.15) is 5.26 Å². The van der Waals surface area contributed by atoms with Crippen LogP contribution in [0.2, 0.25) is 0 Å². The van der Waals surface area contributed by atoms with E-state index in [9.17, 15) is 5.26 Å². The monoisotopic (exact) mass is 253 g/mol. The van der Waals surface area contributed by atoms with Crippen molar-refractivity contribution in [1.29, 1.82) is 5.26 Å². The molecular weight excluding hydrogens is 222 g/mol. The maximum absolute atomic E-state index is 9.17. The molecule has 0 fully saturated rings. The molecule has 0 rings (SSSR count). The molecule has 106 valence electrons. The summed E-state index contributed by atoms with van der Waals surface area (Å²) in [6.45, 7) is 13.0. The molecule has 3 nitrogen and oxygen atoms in total. The third kappa shape index (κ3) is 7.68. The van der Waals surface area contributed by atoms with Crippen LogP contribution in [0.4, 0.5) is 0 Å². The van der Waals surface area contributed by atoms with Crippen LogP contribution in [0.1, 0.15) is 59.8 Å². The molecule has 0 saturated carbocycles. The summed E-state index contributed by atoms with van der Waals surface area (Å²) in [6, 6.07) is 2.39. The van der Waals surface area contributed by atoms with Gasteiger partial charge in [-0.25, -0.2) is 0 Å². The standard InChI is InChI=1S/C15H31N3/c1-5-11-18(12-6-2)13-9-8-10-15(4,14-16)17-7-3/h17H,5-13H2,1-4H3. The van der Waals surface area contributed by atoms with Crippen molar-refractivity contribution >= 4 is 0 Å². The highest BCUT2D eigenvalue weighted by molar-refractivity contribution is 5.03. The first-order chi connectivity index (χ1) is 8.61. The van der Waals surface area contributed by atoms with Gasteiger partial charge in [0.2, 0.25) is 0 Å². The molecule has 0 bridgehead atoms. The van der Waals surface area contributed by atoms with Gasteiger partial charge >= 0.3 is 0 Å². The van der Waals surface area contributed by atoms with E-state index in [-0.39, 0.29) is 5.54 Å². The number of hydrogen-bond acceptors (Lipinski definition) is 3. The zero-order valence-electron chi connectivity index (χ0n) is 12.8. The maximum atomic E-state index is 9.17.